The van der Waals surface area contributed by atoms with Crippen LogP contribution in [0.2, 0.25) is 0 Å². The Morgan fingerprint density at radius 2 is 1.81 bits per heavy atom. The SMILES string of the molecule is COC(=O)c1ccc(CC(=O)N2CCN(CCc3ccc(C#N)c(F)c3)CC2)c(C)c1C. The summed E-state index contributed by atoms with van der Waals surface area (Å²) >= 11 is 0. The maximum Gasteiger partial charge on any atom is 0.338 e. The predicted molar refractivity (Wildman–Crippen MR) is 119 cm³/mol. The summed E-state index contributed by atoms with van der Waals surface area (Å²) in [4.78, 5) is 28.8. The predicted octanol–water partition coefficient (Wildman–Crippen LogP) is 3.03. The molecule has 2 aromatic carbocycles. The van der Waals surface area contributed by atoms with Crippen molar-refractivity contribution in [1.82, 2.24) is 9.80 Å². The summed E-state index contributed by atoms with van der Waals surface area (Å²) in [5.41, 5.74) is 4.15. The van der Waals surface area contributed by atoms with Gasteiger partial charge in [-0.1, -0.05) is 12.1 Å². The number of carbonyl (C=O) groups is 2. The van der Waals surface area contributed by atoms with Gasteiger partial charge in [0.25, 0.3) is 0 Å². The third kappa shape index (κ3) is 5.32. The first-order chi connectivity index (χ1) is 15.3. The van der Waals surface area contributed by atoms with Gasteiger partial charge in [-0.25, -0.2) is 9.18 Å². The minimum atomic E-state index is -0.481. The quantitative estimate of drug-likeness (QED) is 0.650. The van der Waals surface area contributed by atoms with Gasteiger partial charge in [-0.15, -0.1) is 0 Å². The van der Waals surface area contributed by atoms with E-state index >= 15 is 0 Å². The molecule has 1 heterocycles. The molecule has 1 aliphatic rings. The highest BCUT2D eigenvalue weighted by molar-refractivity contribution is 5.91. The molecule has 0 radical (unpaired) electrons. The molecular formula is C25H28FN3O3. The Labute approximate surface area is 188 Å². The zero-order chi connectivity index (χ0) is 23.3. The molecule has 6 nitrogen and oxygen atoms in total. The zero-order valence-corrected chi connectivity index (χ0v) is 18.8. The number of amides is 1. The Hall–Kier alpha value is -3.24. The first kappa shape index (κ1) is 23.4. The smallest absolute Gasteiger partial charge is 0.338 e. The molecule has 0 aromatic heterocycles. The van der Waals surface area contributed by atoms with Crippen molar-refractivity contribution in [2.75, 3.05) is 39.8 Å². The van der Waals surface area contributed by atoms with Crippen LogP contribution in [0.1, 0.15) is 38.2 Å². The van der Waals surface area contributed by atoms with E-state index in [0.29, 0.717) is 31.5 Å². The summed E-state index contributed by atoms with van der Waals surface area (Å²) < 4.78 is 18.6. The van der Waals surface area contributed by atoms with Gasteiger partial charge in [0.1, 0.15) is 11.9 Å². The molecule has 1 saturated heterocycles. The molecule has 1 fully saturated rings. The van der Waals surface area contributed by atoms with Crippen LogP contribution in [-0.4, -0.2) is 61.5 Å². The number of benzene rings is 2. The first-order valence-corrected chi connectivity index (χ1v) is 10.7. The van der Waals surface area contributed by atoms with E-state index in [1.165, 1.54) is 19.2 Å². The second-order valence-electron chi connectivity index (χ2n) is 8.09. The Kier molecular flexibility index (Phi) is 7.60. The van der Waals surface area contributed by atoms with Gasteiger partial charge in [-0.3, -0.25) is 9.69 Å². The summed E-state index contributed by atoms with van der Waals surface area (Å²) in [5.74, 6) is -0.777. The normalized spacial score (nSPS) is 14.2. The monoisotopic (exact) mass is 437 g/mol. The van der Waals surface area contributed by atoms with Crippen molar-refractivity contribution in [1.29, 1.82) is 5.26 Å². The summed E-state index contributed by atoms with van der Waals surface area (Å²) in [6.07, 6.45) is 1.00. The molecule has 3 rings (SSSR count). The summed E-state index contributed by atoms with van der Waals surface area (Å²) in [6.45, 7) is 7.41. The third-order valence-corrected chi connectivity index (χ3v) is 6.24. The van der Waals surface area contributed by atoms with E-state index in [1.807, 2.05) is 30.9 Å². The van der Waals surface area contributed by atoms with Crippen LogP contribution in [0.5, 0.6) is 0 Å². The molecule has 2 aromatic rings. The van der Waals surface area contributed by atoms with Crippen LogP contribution in [0.25, 0.3) is 0 Å². The van der Waals surface area contributed by atoms with Crippen LogP contribution < -0.4 is 0 Å². The number of ether oxygens (including phenoxy) is 1. The van der Waals surface area contributed by atoms with Crippen LogP contribution in [0.15, 0.2) is 30.3 Å². The fourth-order valence-electron chi connectivity index (χ4n) is 3.99. The summed E-state index contributed by atoms with van der Waals surface area (Å²) in [5, 5.41) is 8.83. The Bertz CT molecular complexity index is 1050. The minimum Gasteiger partial charge on any atom is -0.465 e. The van der Waals surface area contributed by atoms with Gasteiger partial charge < -0.3 is 9.64 Å². The molecule has 1 aliphatic heterocycles. The highest BCUT2D eigenvalue weighted by Crippen LogP contribution is 2.20. The molecule has 0 bridgehead atoms. The lowest BCUT2D eigenvalue weighted by molar-refractivity contribution is -0.132. The van der Waals surface area contributed by atoms with E-state index in [-0.39, 0.29) is 17.4 Å². The fraction of sp³-hybridized carbons (Fsp3) is 0.400. The second-order valence-corrected chi connectivity index (χ2v) is 8.09. The first-order valence-electron chi connectivity index (χ1n) is 10.7. The molecular weight excluding hydrogens is 409 g/mol. The highest BCUT2D eigenvalue weighted by atomic mass is 19.1. The minimum absolute atomic E-state index is 0.0613. The number of methoxy groups -OCH3 is 1. The lowest BCUT2D eigenvalue weighted by atomic mass is 9.96. The molecule has 0 spiro atoms. The van der Waals surface area contributed by atoms with Crippen LogP contribution in [0.3, 0.4) is 0 Å². The molecule has 0 atom stereocenters. The number of hydrogen-bond donors (Lipinski definition) is 0. The average Bonchev–Trinajstić information content (AvgIpc) is 2.80. The number of rotatable bonds is 6. The van der Waals surface area contributed by atoms with Gasteiger partial charge in [0.05, 0.1) is 24.7 Å². The van der Waals surface area contributed by atoms with Crippen molar-refractivity contribution in [2.45, 2.75) is 26.7 Å². The van der Waals surface area contributed by atoms with Crippen molar-refractivity contribution in [3.63, 3.8) is 0 Å². The lowest BCUT2D eigenvalue weighted by Crippen LogP contribution is -2.49. The standard InChI is InChI=1S/C25H28FN3O3/c1-17-18(2)22(25(31)32-3)7-6-20(17)15-24(30)29-12-10-28(11-13-29)9-8-19-4-5-21(16-27)23(26)14-19/h4-7,14H,8-13,15H2,1-3H3. The number of nitriles is 1. The molecule has 0 N–H and O–H groups in total. The second kappa shape index (κ2) is 10.4. The molecule has 0 unspecified atom stereocenters. The molecule has 7 heteroatoms. The maximum atomic E-state index is 13.8. The average molecular weight is 438 g/mol. The largest absolute Gasteiger partial charge is 0.465 e. The topological polar surface area (TPSA) is 73.6 Å². The van der Waals surface area contributed by atoms with Crippen molar-refractivity contribution in [3.05, 3.63) is 69.5 Å². The summed E-state index contributed by atoms with van der Waals surface area (Å²) in [7, 11) is 1.36. The number of esters is 1. The molecule has 0 aliphatic carbocycles. The van der Waals surface area contributed by atoms with Crippen molar-refractivity contribution in [3.8, 4) is 6.07 Å². The third-order valence-electron chi connectivity index (χ3n) is 6.24. The number of carbonyl (C=O) groups excluding carboxylic acids is 2. The molecule has 0 saturated carbocycles. The maximum absolute atomic E-state index is 13.8. The van der Waals surface area contributed by atoms with E-state index in [9.17, 15) is 14.0 Å². The Balaban J connectivity index is 1.51. The van der Waals surface area contributed by atoms with Crippen LogP contribution in [0.4, 0.5) is 4.39 Å². The van der Waals surface area contributed by atoms with E-state index in [4.69, 9.17) is 10.00 Å². The molecule has 1 amide bonds. The number of hydrogen-bond acceptors (Lipinski definition) is 5. The van der Waals surface area contributed by atoms with E-state index in [1.54, 1.807) is 12.1 Å². The van der Waals surface area contributed by atoms with Crippen LogP contribution in [-0.2, 0) is 22.4 Å². The van der Waals surface area contributed by atoms with Gasteiger partial charge in [0.15, 0.2) is 0 Å². The lowest BCUT2D eigenvalue weighted by Gasteiger charge is -2.35. The van der Waals surface area contributed by atoms with Gasteiger partial charge in [-0.05, 0) is 60.7 Å². The Morgan fingerprint density at radius 1 is 1.09 bits per heavy atom. The van der Waals surface area contributed by atoms with Crippen molar-refractivity contribution < 1.29 is 18.7 Å². The van der Waals surface area contributed by atoms with E-state index < -0.39 is 5.82 Å². The van der Waals surface area contributed by atoms with Gasteiger partial charge in [0, 0.05) is 32.7 Å². The Morgan fingerprint density at radius 3 is 2.44 bits per heavy atom. The zero-order valence-electron chi connectivity index (χ0n) is 18.8. The number of halogens is 1. The van der Waals surface area contributed by atoms with E-state index in [2.05, 4.69) is 4.90 Å². The van der Waals surface area contributed by atoms with Crippen LogP contribution >= 0.6 is 0 Å². The highest BCUT2D eigenvalue weighted by Gasteiger charge is 2.22. The molecule has 168 valence electrons. The van der Waals surface area contributed by atoms with Gasteiger partial charge in [0.2, 0.25) is 5.91 Å². The van der Waals surface area contributed by atoms with Crippen LogP contribution in [0, 0.1) is 31.0 Å². The van der Waals surface area contributed by atoms with Crippen molar-refractivity contribution >= 4 is 11.9 Å². The van der Waals surface area contributed by atoms with Gasteiger partial charge >= 0.3 is 5.97 Å². The summed E-state index contributed by atoms with van der Waals surface area (Å²) in [6, 6.07) is 10.1. The van der Waals surface area contributed by atoms with Crippen molar-refractivity contribution in [2.24, 2.45) is 0 Å². The molecule has 32 heavy (non-hydrogen) atoms. The van der Waals surface area contributed by atoms with E-state index in [0.717, 1.165) is 41.9 Å². The fourth-order valence-corrected chi connectivity index (χ4v) is 3.99. The number of nitrogens with zero attached hydrogens (tertiary/aromatic N) is 3. The number of piperazine rings is 1. The van der Waals surface area contributed by atoms with Gasteiger partial charge in [-0.2, -0.15) is 5.26 Å².